The molecule has 1 radical (unpaired) electrons. The van der Waals surface area contributed by atoms with E-state index in [4.69, 9.17) is 4.74 Å². The molecule has 0 saturated heterocycles. The summed E-state index contributed by atoms with van der Waals surface area (Å²) in [6.45, 7) is 11.6. The number of amides is 1. The Morgan fingerprint density at radius 1 is 1.43 bits per heavy atom. The number of nitrogens with one attached hydrogen (secondary N) is 1. The van der Waals surface area contributed by atoms with Gasteiger partial charge < -0.3 is 10.1 Å². The van der Waals surface area contributed by atoms with Crippen molar-refractivity contribution in [2.24, 2.45) is 5.92 Å². The van der Waals surface area contributed by atoms with Crippen molar-refractivity contribution in [1.82, 2.24) is 5.32 Å². The van der Waals surface area contributed by atoms with Crippen molar-refractivity contribution < 1.29 is 9.53 Å². The Labute approximate surface area is 87.2 Å². The van der Waals surface area contributed by atoms with Gasteiger partial charge in [0.05, 0.1) is 6.54 Å². The molecule has 0 bridgehead atoms. The predicted molar refractivity (Wildman–Crippen MR) is 57.7 cm³/mol. The van der Waals surface area contributed by atoms with Gasteiger partial charge >= 0.3 is 6.09 Å². The van der Waals surface area contributed by atoms with Gasteiger partial charge in [0.1, 0.15) is 5.60 Å². The Morgan fingerprint density at radius 3 is 2.43 bits per heavy atom. The molecule has 0 spiro atoms. The summed E-state index contributed by atoms with van der Waals surface area (Å²) < 4.78 is 5.06. The molecule has 0 aromatic carbocycles. The van der Waals surface area contributed by atoms with Crippen molar-refractivity contribution in [3.05, 3.63) is 6.54 Å². The summed E-state index contributed by atoms with van der Waals surface area (Å²) in [6, 6.07) is 0. The van der Waals surface area contributed by atoms with Crippen LogP contribution in [0.5, 0.6) is 0 Å². The maximum atomic E-state index is 11.1. The van der Waals surface area contributed by atoms with Crippen LogP contribution >= 0.6 is 0 Å². The number of carbonyl (C=O) groups excluding carboxylic acids is 1. The lowest BCUT2D eigenvalue weighted by atomic mass is 10.1. The SMILES string of the molecule is CC(C)CC[CH]NC(=O)OC(C)(C)C. The highest BCUT2D eigenvalue weighted by Crippen LogP contribution is 2.07. The highest BCUT2D eigenvalue weighted by atomic mass is 16.6. The fourth-order valence-corrected chi connectivity index (χ4v) is 0.880. The Kier molecular flexibility index (Phi) is 5.58. The van der Waals surface area contributed by atoms with Crippen LogP contribution in [0.4, 0.5) is 4.79 Å². The molecule has 0 aromatic heterocycles. The summed E-state index contributed by atoms with van der Waals surface area (Å²) in [5.74, 6) is 0.659. The highest BCUT2D eigenvalue weighted by Gasteiger charge is 2.15. The Bertz CT molecular complexity index is 171. The molecule has 3 heteroatoms. The predicted octanol–water partition coefficient (Wildman–Crippen LogP) is 3.11. The molecule has 0 aromatic rings. The molecule has 3 nitrogen and oxygen atoms in total. The minimum atomic E-state index is -0.421. The van der Waals surface area contributed by atoms with Crippen molar-refractivity contribution in [2.45, 2.75) is 53.1 Å². The van der Waals surface area contributed by atoms with Crippen LogP contribution in [0.1, 0.15) is 47.5 Å². The van der Waals surface area contributed by atoms with Crippen LogP contribution in [0.25, 0.3) is 0 Å². The van der Waals surface area contributed by atoms with Crippen LogP contribution < -0.4 is 5.32 Å². The number of hydrogen-bond acceptors (Lipinski definition) is 2. The number of rotatable bonds is 4. The smallest absolute Gasteiger partial charge is 0.407 e. The summed E-state index contributed by atoms with van der Waals surface area (Å²) in [5, 5.41) is 2.61. The number of ether oxygens (including phenoxy) is 1. The third-order valence-corrected chi connectivity index (χ3v) is 1.51. The van der Waals surface area contributed by atoms with Gasteiger partial charge in [0.15, 0.2) is 0 Å². The molecule has 83 valence electrons. The molecule has 0 aliphatic rings. The molecule has 0 aliphatic carbocycles. The Morgan fingerprint density at radius 2 is 2.00 bits per heavy atom. The fraction of sp³-hybridized carbons (Fsp3) is 0.818. The van der Waals surface area contributed by atoms with Gasteiger partial charge in [0.25, 0.3) is 0 Å². The van der Waals surface area contributed by atoms with Gasteiger partial charge in [0, 0.05) is 0 Å². The van der Waals surface area contributed by atoms with E-state index in [0.717, 1.165) is 12.8 Å². The average molecular weight is 200 g/mol. The van der Waals surface area contributed by atoms with E-state index < -0.39 is 5.60 Å². The molecule has 0 atom stereocenters. The summed E-state index contributed by atoms with van der Waals surface area (Å²) >= 11 is 0. The summed E-state index contributed by atoms with van der Waals surface area (Å²) in [5.41, 5.74) is -0.421. The Balaban J connectivity index is 3.46. The van der Waals surface area contributed by atoms with Crippen LogP contribution in [0.3, 0.4) is 0 Å². The van der Waals surface area contributed by atoms with E-state index in [1.807, 2.05) is 20.8 Å². The third-order valence-electron chi connectivity index (χ3n) is 1.51. The lowest BCUT2D eigenvalue weighted by molar-refractivity contribution is 0.0541. The standard InChI is InChI=1S/C11H22NO2/c1-9(2)7-6-8-12-10(13)14-11(3,4)5/h8-9H,6-7H2,1-5H3,(H,12,13). The van der Waals surface area contributed by atoms with Gasteiger partial charge in [-0.2, -0.15) is 0 Å². The fourth-order valence-electron chi connectivity index (χ4n) is 0.880. The molecule has 0 heterocycles. The number of hydrogen-bond donors (Lipinski definition) is 1. The molecule has 0 aliphatic heterocycles. The summed E-state index contributed by atoms with van der Waals surface area (Å²) in [7, 11) is 0. The van der Waals surface area contributed by atoms with E-state index in [1.165, 1.54) is 0 Å². The van der Waals surface area contributed by atoms with E-state index in [2.05, 4.69) is 19.2 Å². The number of alkyl carbamates (subject to hydrolysis) is 1. The first-order chi connectivity index (χ1) is 6.31. The van der Waals surface area contributed by atoms with E-state index in [0.29, 0.717) is 5.92 Å². The van der Waals surface area contributed by atoms with Crippen molar-refractivity contribution in [1.29, 1.82) is 0 Å². The number of carbonyl (C=O) groups is 1. The highest BCUT2D eigenvalue weighted by molar-refractivity contribution is 5.68. The van der Waals surface area contributed by atoms with E-state index in [1.54, 1.807) is 6.54 Å². The van der Waals surface area contributed by atoms with Gasteiger partial charge in [-0.1, -0.05) is 13.8 Å². The minimum absolute atomic E-state index is 0.374. The maximum Gasteiger partial charge on any atom is 0.407 e. The summed E-state index contributed by atoms with van der Waals surface area (Å²) in [6.07, 6.45) is 1.59. The van der Waals surface area contributed by atoms with Crippen LogP contribution in [-0.4, -0.2) is 11.7 Å². The zero-order valence-electron chi connectivity index (χ0n) is 9.89. The largest absolute Gasteiger partial charge is 0.444 e. The van der Waals surface area contributed by atoms with Crippen molar-refractivity contribution >= 4 is 6.09 Å². The quantitative estimate of drug-likeness (QED) is 0.708. The van der Waals surface area contributed by atoms with Gasteiger partial charge in [-0.05, 0) is 39.5 Å². The van der Waals surface area contributed by atoms with Crippen LogP contribution in [0.15, 0.2) is 0 Å². The lowest BCUT2D eigenvalue weighted by Crippen LogP contribution is -2.31. The zero-order chi connectivity index (χ0) is 11.2. The molecular weight excluding hydrogens is 178 g/mol. The van der Waals surface area contributed by atoms with Crippen LogP contribution in [-0.2, 0) is 4.74 Å². The average Bonchev–Trinajstić information content (AvgIpc) is 1.94. The minimum Gasteiger partial charge on any atom is -0.444 e. The van der Waals surface area contributed by atoms with Crippen molar-refractivity contribution in [2.75, 3.05) is 0 Å². The van der Waals surface area contributed by atoms with E-state index >= 15 is 0 Å². The van der Waals surface area contributed by atoms with Crippen LogP contribution in [0, 0.1) is 12.5 Å². The van der Waals surface area contributed by atoms with Gasteiger partial charge in [-0.3, -0.25) is 0 Å². The normalized spacial score (nSPS) is 11.6. The first kappa shape index (κ1) is 13.3. The van der Waals surface area contributed by atoms with E-state index in [-0.39, 0.29) is 6.09 Å². The second kappa shape index (κ2) is 5.89. The topological polar surface area (TPSA) is 38.3 Å². The lowest BCUT2D eigenvalue weighted by Gasteiger charge is -2.19. The molecule has 0 saturated carbocycles. The maximum absolute atomic E-state index is 11.1. The third kappa shape index (κ3) is 9.36. The second-order valence-electron chi connectivity index (χ2n) is 4.82. The van der Waals surface area contributed by atoms with Crippen molar-refractivity contribution in [3.8, 4) is 0 Å². The molecule has 14 heavy (non-hydrogen) atoms. The molecular formula is C11H22NO2. The van der Waals surface area contributed by atoms with E-state index in [9.17, 15) is 4.79 Å². The van der Waals surface area contributed by atoms with Gasteiger partial charge in [-0.25, -0.2) is 4.79 Å². The molecule has 0 unspecified atom stereocenters. The first-order valence-electron chi connectivity index (χ1n) is 5.12. The zero-order valence-corrected chi connectivity index (χ0v) is 9.89. The molecule has 0 fully saturated rings. The van der Waals surface area contributed by atoms with Gasteiger partial charge in [-0.15, -0.1) is 0 Å². The summed E-state index contributed by atoms with van der Waals surface area (Å²) in [4.78, 5) is 11.1. The van der Waals surface area contributed by atoms with Crippen molar-refractivity contribution in [3.63, 3.8) is 0 Å². The molecule has 0 rings (SSSR count). The molecule has 1 amide bonds. The van der Waals surface area contributed by atoms with Gasteiger partial charge in [0.2, 0.25) is 0 Å². The second-order valence-corrected chi connectivity index (χ2v) is 4.82. The first-order valence-corrected chi connectivity index (χ1v) is 5.12. The monoisotopic (exact) mass is 200 g/mol. The van der Waals surface area contributed by atoms with Crippen LogP contribution in [0.2, 0.25) is 0 Å². The molecule has 1 N–H and O–H groups in total. The Hall–Kier alpha value is -0.730.